The maximum Gasteiger partial charge on any atom is 0.150 e. The first kappa shape index (κ1) is 11.5. The summed E-state index contributed by atoms with van der Waals surface area (Å²) in [7, 11) is 0. The van der Waals surface area contributed by atoms with Crippen LogP contribution in [-0.4, -0.2) is 10.2 Å². The highest BCUT2D eigenvalue weighted by Gasteiger charge is 2.08. The van der Waals surface area contributed by atoms with Crippen LogP contribution in [0, 0.1) is 5.82 Å². The molecule has 1 heterocycles. The van der Waals surface area contributed by atoms with Gasteiger partial charge in [0.1, 0.15) is 5.52 Å². The Balaban J connectivity index is 2.04. The molecule has 0 saturated heterocycles. The summed E-state index contributed by atoms with van der Waals surface area (Å²) in [6.45, 7) is 0. The first-order chi connectivity index (χ1) is 9.24. The average molecular weight is 253 g/mol. The number of nitrogens with two attached hydrogens (primary N) is 1. The van der Waals surface area contributed by atoms with Crippen molar-refractivity contribution in [1.82, 2.24) is 10.2 Å². The number of nitrogens with zero attached hydrogens (tertiary/aromatic N) is 1. The van der Waals surface area contributed by atoms with Crippen molar-refractivity contribution < 1.29 is 4.39 Å². The quantitative estimate of drug-likeness (QED) is 0.687. The Bertz CT molecular complexity index is 745. The van der Waals surface area contributed by atoms with Crippen molar-refractivity contribution in [1.29, 1.82) is 0 Å². The molecule has 0 amide bonds. The van der Waals surface area contributed by atoms with E-state index in [1.807, 2.05) is 42.5 Å². The zero-order valence-corrected chi connectivity index (χ0v) is 10.1. The lowest BCUT2D eigenvalue weighted by Gasteiger charge is -1.96. The second-order valence-corrected chi connectivity index (χ2v) is 4.28. The molecule has 0 spiro atoms. The predicted octanol–water partition coefficient (Wildman–Crippen LogP) is 3.45. The molecule has 1 aromatic heterocycles. The normalized spacial score (nSPS) is 11.4. The van der Waals surface area contributed by atoms with Gasteiger partial charge < -0.3 is 5.73 Å². The third kappa shape index (κ3) is 2.20. The lowest BCUT2D eigenvalue weighted by atomic mass is 10.1. The van der Waals surface area contributed by atoms with E-state index in [1.54, 1.807) is 6.07 Å². The van der Waals surface area contributed by atoms with Crippen LogP contribution in [-0.2, 0) is 0 Å². The maximum atomic E-state index is 13.6. The number of hydrogen-bond donors (Lipinski definition) is 2. The fourth-order valence-corrected chi connectivity index (χ4v) is 1.99. The number of aromatic nitrogens is 2. The second kappa shape index (κ2) is 4.57. The fourth-order valence-electron chi connectivity index (χ4n) is 1.99. The number of anilines is 1. The number of rotatable bonds is 2. The van der Waals surface area contributed by atoms with Crippen LogP contribution in [0.25, 0.3) is 23.1 Å². The zero-order valence-electron chi connectivity index (χ0n) is 10.1. The van der Waals surface area contributed by atoms with E-state index in [-0.39, 0.29) is 5.82 Å². The molecule has 0 fully saturated rings. The van der Waals surface area contributed by atoms with Gasteiger partial charge in [-0.2, -0.15) is 5.10 Å². The van der Waals surface area contributed by atoms with Crippen molar-refractivity contribution in [3.05, 3.63) is 59.5 Å². The molecule has 19 heavy (non-hydrogen) atoms. The van der Waals surface area contributed by atoms with E-state index in [0.717, 1.165) is 5.56 Å². The van der Waals surface area contributed by atoms with E-state index >= 15 is 0 Å². The van der Waals surface area contributed by atoms with Crippen molar-refractivity contribution in [2.24, 2.45) is 0 Å². The molecule has 3 aromatic rings. The van der Waals surface area contributed by atoms with Crippen molar-refractivity contribution in [3.63, 3.8) is 0 Å². The largest absolute Gasteiger partial charge is 0.399 e. The summed E-state index contributed by atoms with van der Waals surface area (Å²) >= 11 is 0. The molecule has 0 aliphatic heterocycles. The molecule has 0 radical (unpaired) electrons. The van der Waals surface area contributed by atoms with Crippen LogP contribution in [0.3, 0.4) is 0 Å². The first-order valence-electron chi connectivity index (χ1n) is 5.90. The van der Waals surface area contributed by atoms with Crippen molar-refractivity contribution in [2.75, 3.05) is 5.73 Å². The van der Waals surface area contributed by atoms with Gasteiger partial charge in [-0.25, -0.2) is 4.39 Å². The van der Waals surface area contributed by atoms with Gasteiger partial charge in [-0.3, -0.25) is 5.10 Å². The van der Waals surface area contributed by atoms with Crippen molar-refractivity contribution in [3.8, 4) is 0 Å². The predicted molar refractivity (Wildman–Crippen MR) is 75.8 cm³/mol. The maximum absolute atomic E-state index is 13.6. The number of halogens is 1. The van der Waals surface area contributed by atoms with Crippen LogP contribution in [0.4, 0.5) is 10.1 Å². The van der Waals surface area contributed by atoms with Crippen LogP contribution < -0.4 is 5.73 Å². The highest BCUT2D eigenvalue weighted by Crippen LogP contribution is 2.23. The van der Waals surface area contributed by atoms with Gasteiger partial charge in [0.15, 0.2) is 5.82 Å². The van der Waals surface area contributed by atoms with Crippen LogP contribution in [0.1, 0.15) is 11.3 Å². The van der Waals surface area contributed by atoms with Gasteiger partial charge in [0.25, 0.3) is 0 Å². The molecule has 0 aliphatic carbocycles. The van der Waals surface area contributed by atoms with Crippen molar-refractivity contribution >= 4 is 28.7 Å². The molecule has 3 N–H and O–H groups in total. The van der Waals surface area contributed by atoms with Gasteiger partial charge in [0.2, 0.25) is 0 Å². The van der Waals surface area contributed by atoms with Crippen LogP contribution in [0.5, 0.6) is 0 Å². The Labute approximate surface area is 109 Å². The Morgan fingerprint density at radius 3 is 2.68 bits per heavy atom. The van der Waals surface area contributed by atoms with E-state index in [2.05, 4.69) is 10.2 Å². The van der Waals surface area contributed by atoms with E-state index in [4.69, 9.17) is 5.73 Å². The molecule has 0 bridgehead atoms. The Morgan fingerprint density at radius 2 is 1.89 bits per heavy atom. The zero-order chi connectivity index (χ0) is 13.2. The molecule has 0 saturated carbocycles. The second-order valence-electron chi connectivity index (χ2n) is 4.28. The number of nitrogen functional groups attached to an aromatic ring is 1. The summed E-state index contributed by atoms with van der Waals surface area (Å²) in [5, 5.41) is 7.48. The topological polar surface area (TPSA) is 54.7 Å². The SMILES string of the molecule is Nc1cc(F)c2[nH]nc(C=Cc3ccccc3)c2c1. The highest BCUT2D eigenvalue weighted by atomic mass is 19.1. The molecule has 94 valence electrons. The Morgan fingerprint density at radius 1 is 1.11 bits per heavy atom. The van der Waals surface area contributed by atoms with Gasteiger partial charge in [-0.05, 0) is 23.8 Å². The molecule has 2 aromatic carbocycles. The summed E-state index contributed by atoms with van der Waals surface area (Å²) in [6.07, 6.45) is 3.77. The van der Waals surface area contributed by atoms with E-state index in [1.165, 1.54) is 6.07 Å². The minimum Gasteiger partial charge on any atom is -0.399 e. The molecule has 4 heteroatoms. The van der Waals surface area contributed by atoms with E-state index < -0.39 is 0 Å². The van der Waals surface area contributed by atoms with Gasteiger partial charge in [-0.15, -0.1) is 0 Å². The van der Waals surface area contributed by atoms with Crippen molar-refractivity contribution in [2.45, 2.75) is 0 Å². The summed E-state index contributed by atoms with van der Waals surface area (Å²) in [4.78, 5) is 0. The molecule has 0 aliphatic rings. The monoisotopic (exact) mass is 253 g/mol. The fraction of sp³-hybridized carbons (Fsp3) is 0. The standard InChI is InChI=1S/C15H12FN3/c16-13-9-11(17)8-12-14(18-19-15(12)13)7-6-10-4-2-1-3-5-10/h1-9H,17H2,(H,18,19). The molecule has 3 nitrogen and oxygen atoms in total. The third-order valence-electron chi connectivity index (χ3n) is 2.91. The van der Waals surface area contributed by atoms with Gasteiger partial charge in [0.05, 0.1) is 5.69 Å². The lowest BCUT2D eigenvalue weighted by Crippen LogP contribution is -1.87. The number of fused-ring (bicyclic) bond motifs is 1. The molecular formula is C15H12FN3. The van der Waals surface area contributed by atoms with Crippen LogP contribution >= 0.6 is 0 Å². The number of aromatic amines is 1. The summed E-state index contributed by atoms with van der Waals surface area (Å²) in [6, 6.07) is 12.8. The average Bonchev–Trinajstić information content (AvgIpc) is 2.81. The smallest absolute Gasteiger partial charge is 0.150 e. The summed E-state index contributed by atoms with van der Waals surface area (Å²) in [5.74, 6) is -0.387. The number of H-pyrrole nitrogens is 1. The third-order valence-corrected chi connectivity index (χ3v) is 2.91. The highest BCUT2D eigenvalue weighted by molar-refractivity contribution is 5.91. The Hall–Kier alpha value is -2.62. The van der Waals surface area contributed by atoms with E-state index in [9.17, 15) is 4.39 Å². The summed E-state index contributed by atoms with van der Waals surface area (Å²) < 4.78 is 13.6. The van der Waals surface area contributed by atoms with Gasteiger partial charge in [-0.1, -0.05) is 36.4 Å². The minimum atomic E-state index is -0.387. The van der Waals surface area contributed by atoms with Gasteiger partial charge >= 0.3 is 0 Å². The summed E-state index contributed by atoms with van der Waals surface area (Å²) in [5.41, 5.74) is 8.15. The van der Waals surface area contributed by atoms with E-state index in [0.29, 0.717) is 22.3 Å². The molecule has 0 atom stereocenters. The Kier molecular flexibility index (Phi) is 2.76. The minimum absolute atomic E-state index is 0.377. The first-order valence-corrected chi connectivity index (χ1v) is 5.90. The molecule has 0 unspecified atom stereocenters. The van der Waals surface area contributed by atoms with Crippen LogP contribution in [0.15, 0.2) is 42.5 Å². The molecular weight excluding hydrogens is 241 g/mol. The number of benzene rings is 2. The number of nitrogens with one attached hydrogen (secondary N) is 1. The lowest BCUT2D eigenvalue weighted by molar-refractivity contribution is 0.637. The molecule has 3 rings (SSSR count). The van der Waals surface area contributed by atoms with Crippen LogP contribution in [0.2, 0.25) is 0 Å². The number of hydrogen-bond acceptors (Lipinski definition) is 2. The van der Waals surface area contributed by atoms with Gasteiger partial charge in [0, 0.05) is 11.1 Å².